The fourth-order valence-corrected chi connectivity index (χ4v) is 3.60. The van der Waals surface area contributed by atoms with Crippen molar-refractivity contribution in [3.05, 3.63) is 46.6 Å². The number of nitrogens with zero attached hydrogens (tertiary/aromatic N) is 3. The Labute approximate surface area is 155 Å². The quantitative estimate of drug-likeness (QED) is 0.800. The van der Waals surface area contributed by atoms with Gasteiger partial charge < -0.3 is 10.2 Å². The number of aromatic nitrogens is 2. The zero-order valence-electron chi connectivity index (χ0n) is 15.1. The van der Waals surface area contributed by atoms with E-state index in [1.807, 2.05) is 19.1 Å². The molecule has 3 rings (SSSR count). The lowest BCUT2D eigenvalue weighted by atomic mass is 10.00. The predicted octanol–water partition coefficient (Wildman–Crippen LogP) is 4.86. The third kappa shape index (κ3) is 4.85. The summed E-state index contributed by atoms with van der Waals surface area (Å²) in [5.41, 5.74) is 2.27. The fraction of sp³-hybridized carbons (Fsp3) is 0.500. The Hall–Kier alpha value is -1.81. The average Bonchev–Trinajstić information content (AvgIpc) is 2.63. The number of anilines is 2. The maximum absolute atomic E-state index is 5.93. The molecule has 1 fully saturated rings. The van der Waals surface area contributed by atoms with E-state index in [9.17, 15) is 0 Å². The van der Waals surface area contributed by atoms with E-state index in [0.29, 0.717) is 6.04 Å². The highest BCUT2D eigenvalue weighted by Crippen LogP contribution is 2.26. The monoisotopic (exact) mass is 358 g/mol. The predicted molar refractivity (Wildman–Crippen MR) is 106 cm³/mol. The maximum Gasteiger partial charge on any atom is 0.224 e. The standard InChI is InChI=1S/C20H27ClN4/c1-3-18-6-4-5-13-25(18)19-14-15(2)23-20(24-19)22-12-11-16-7-9-17(21)10-8-16/h7-10,14,18H,3-6,11-13H2,1-2H3,(H,22,23,24). The van der Waals surface area contributed by atoms with Crippen molar-refractivity contribution in [2.45, 2.75) is 52.0 Å². The first kappa shape index (κ1) is 18.0. The minimum absolute atomic E-state index is 0.602. The third-order valence-corrected chi connectivity index (χ3v) is 5.10. The van der Waals surface area contributed by atoms with Crippen molar-refractivity contribution in [2.75, 3.05) is 23.3 Å². The molecule has 1 unspecified atom stereocenters. The van der Waals surface area contributed by atoms with Crippen molar-refractivity contribution in [2.24, 2.45) is 0 Å². The highest BCUT2D eigenvalue weighted by atomic mass is 35.5. The third-order valence-electron chi connectivity index (χ3n) is 4.84. The molecule has 0 bridgehead atoms. The first-order valence-corrected chi connectivity index (χ1v) is 9.64. The van der Waals surface area contributed by atoms with Crippen molar-refractivity contribution in [1.82, 2.24) is 9.97 Å². The summed E-state index contributed by atoms with van der Waals surface area (Å²) in [5.74, 6) is 1.79. The Morgan fingerprint density at radius 2 is 2.00 bits per heavy atom. The van der Waals surface area contributed by atoms with Crippen LogP contribution in [0, 0.1) is 6.92 Å². The SMILES string of the molecule is CCC1CCCCN1c1cc(C)nc(NCCc2ccc(Cl)cc2)n1. The molecule has 1 N–H and O–H groups in total. The molecule has 0 radical (unpaired) electrons. The smallest absolute Gasteiger partial charge is 0.224 e. The molecule has 0 spiro atoms. The van der Waals surface area contributed by atoms with Crippen molar-refractivity contribution in [1.29, 1.82) is 0 Å². The minimum Gasteiger partial charge on any atom is -0.354 e. The zero-order valence-corrected chi connectivity index (χ0v) is 15.9. The van der Waals surface area contributed by atoms with E-state index in [2.05, 4.69) is 40.3 Å². The van der Waals surface area contributed by atoms with Gasteiger partial charge in [0.1, 0.15) is 5.82 Å². The summed E-state index contributed by atoms with van der Waals surface area (Å²) in [7, 11) is 0. The van der Waals surface area contributed by atoms with Gasteiger partial charge in [0.2, 0.25) is 5.95 Å². The van der Waals surface area contributed by atoms with Crippen LogP contribution < -0.4 is 10.2 Å². The van der Waals surface area contributed by atoms with Gasteiger partial charge in [-0.2, -0.15) is 4.98 Å². The van der Waals surface area contributed by atoms with Gasteiger partial charge in [-0.05, 0) is 56.7 Å². The highest BCUT2D eigenvalue weighted by Gasteiger charge is 2.22. The molecule has 0 saturated carbocycles. The normalized spacial score (nSPS) is 17.6. The summed E-state index contributed by atoms with van der Waals surface area (Å²) in [5, 5.41) is 4.15. The van der Waals surface area contributed by atoms with Gasteiger partial charge in [-0.15, -0.1) is 0 Å². The van der Waals surface area contributed by atoms with Gasteiger partial charge >= 0.3 is 0 Å². The fourth-order valence-electron chi connectivity index (χ4n) is 3.47. The molecule has 1 saturated heterocycles. The van der Waals surface area contributed by atoms with Crippen LogP contribution in [-0.4, -0.2) is 29.1 Å². The Kier molecular flexibility index (Phi) is 6.14. The molecule has 2 aromatic rings. The minimum atomic E-state index is 0.602. The van der Waals surface area contributed by atoms with Gasteiger partial charge in [-0.1, -0.05) is 30.7 Å². The summed E-state index contributed by atoms with van der Waals surface area (Å²) in [6.07, 6.45) is 5.93. The second-order valence-electron chi connectivity index (χ2n) is 6.75. The molecule has 134 valence electrons. The van der Waals surface area contributed by atoms with E-state index in [4.69, 9.17) is 16.6 Å². The summed E-state index contributed by atoms with van der Waals surface area (Å²) in [6, 6.07) is 10.7. The number of hydrogen-bond donors (Lipinski definition) is 1. The largest absolute Gasteiger partial charge is 0.354 e. The number of piperidine rings is 1. The molecular weight excluding hydrogens is 332 g/mol. The first-order valence-electron chi connectivity index (χ1n) is 9.26. The van der Waals surface area contributed by atoms with Crippen molar-refractivity contribution in [3.8, 4) is 0 Å². The number of aryl methyl sites for hydroxylation is 1. The molecule has 1 aliphatic heterocycles. The number of benzene rings is 1. The van der Waals surface area contributed by atoms with Crippen LogP contribution in [0.4, 0.5) is 11.8 Å². The number of hydrogen-bond acceptors (Lipinski definition) is 4. The molecule has 4 nitrogen and oxygen atoms in total. The molecule has 5 heteroatoms. The Morgan fingerprint density at radius 3 is 2.76 bits per heavy atom. The second kappa shape index (κ2) is 8.52. The van der Waals surface area contributed by atoms with Crippen molar-refractivity contribution in [3.63, 3.8) is 0 Å². The van der Waals surface area contributed by atoms with E-state index < -0.39 is 0 Å². The van der Waals surface area contributed by atoms with E-state index in [-0.39, 0.29) is 0 Å². The van der Waals surface area contributed by atoms with Gasteiger partial charge in [-0.25, -0.2) is 4.98 Å². The molecule has 0 aliphatic carbocycles. The second-order valence-corrected chi connectivity index (χ2v) is 7.18. The van der Waals surface area contributed by atoms with Crippen molar-refractivity contribution < 1.29 is 0 Å². The van der Waals surface area contributed by atoms with Crippen LogP contribution in [0.1, 0.15) is 43.9 Å². The van der Waals surface area contributed by atoms with Crippen LogP contribution in [-0.2, 0) is 6.42 Å². The summed E-state index contributed by atoms with van der Waals surface area (Å²) >= 11 is 5.93. The zero-order chi connectivity index (χ0) is 17.6. The summed E-state index contributed by atoms with van der Waals surface area (Å²) in [4.78, 5) is 11.8. The van der Waals surface area contributed by atoms with Crippen LogP contribution >= 0.6 is 11.6 Å². The van der Waals surface area contributed by atoms with Crippen molar-refractivity contribution >= 4 is 23.4 Å². The van der Waals surface area contributed by atoms with Crippen LogP contribution in [0.3, 0.4) is 0 Å². The van der Waals surface area contributed by atoms with Gasteiger partial charge in [0.25, 0.3) is 0 Å². The molecule has 1 aromatic carbocycles. The molecule has 0 amide bonds. The summed E-state index contributed by atoms with van der Waals surface area (Å²) < 4.78 is 0. The molecule has 1 atom stereocenters. The van der Waals surface area contributed by atoms with E-state index in [1.54, 1.807) is 0 Å². The van der Waals surface area contributed by atoms with Crippen LogP contribution in [0.2, 0.25) is 5.02 Å². The number of nitrogens with one attached hydrogen (secondary N) is 1. The van der Waals surface area contributed by atoms with Gasteiger partial charge in [0, 0.05) is 35.9 Å². The lowest BCUT2D eigenvalue weighted by Crippen LogP contribution is -2.39. The van der Waals surface area contributed by atoms with Gasteiger partial charge in [-0.3, -0.25) is 0 Å². The lowest BCUT2D eigenvalue weighted by molar-refractivity contribution is 0.446. The van der Waals surface area contributed by atoms with E-state index >= 15 is 0 Å². The van der Waals surface area contributed by atoms with Crippen LogP contribution in [0.15, 0.2) is 30.3 Å². The topological polar surface area (TPSA) is 41.1 Å². The van der Waals surface area contributed by atoms with Gasteiger partial charge in [0.15, 0.2) is 0 Å². The maximum atomic E-state index is 5.93. The Bertz CT molecular complexity index is 687. The number of halogens is 1. The number of rotatable bonds is 6. The lowest BCUT2D eigenvalue weighted by Gasteiger charge is -2.36. The Morgan fingerprint density at radius 1 is 1.20 bits per heavy atom. The van der Waals surface area contributed by atoms with Gasteiger partial charge in [0.05, 0.1) is 0 Å². The average molecular weight is 359 g/mol. The molecule has 2 heterocycles. The molecule has 1 aromatic heterocycles. The van der Waals surface area contributed by atoms with Crippen LogP contribution in [0.5, 0.6) is 0 Å². The van der Waals surface area contributed by atoms with E-state index in [0.717, 1.165) is 42.0 Å². The Balaban J connectivity index is 1.65. The highest BCUT2D eigenvalue weighted by molar-refractivity contribution is 6.30. The van der Waals surface area contributed by atoms with Crippen LogP contribution in [0.25, 0.3) is 0 Å². The molecular formula is C20H27ClN4. The first-order chi connectivity index (χ1) is 12.2. The molecule has 1 aliphatic rings. The molecule has 25 heavy (non-hydrogen) atoms. The summed E-state index contributed by atoms with van der Waals surface area (Å²) in [6.45, 7) is 6.21. The van der Waals surface area contributed by atoms with E-state index in [1.165, 1.54) is 31.2 Å².